The number of ether oxygens (including phenoxy) is 1. The normalized spacial score (nSPS) is 10.7. The van der Waals surface area contributed by atoms with E-state index in [2.05, 4.69) is 4.98 Å². The number of benzene rings is 2. The molecule has 100 valence electrons. The Balaban J connectivity index is 2.12. The molecule has 0 fully saturated rings. The molecule has 0 amide bonds. The summed E-state index contributed by atoms with van der Waals surface area (Å²) >= 11 is 0. The standard InChI is InChI=1S/C16H12FNO2/c1-20-16-7-10(3-5-15(16)19)12-6-11-2-4-13(17)8-14(11)18-9-12/h2-9,19H,1H3. The second-order valence-corrected chi connectivity index (χ2v) is 4.45. The highest BCUT2D eigenvalue weighted by Crippen LogP contribution is 2.32. The SMILES string of the molecule is COc1cc(-c2cnc3cc(F)ccc3c2)ccc1O. The minimum absolute atomic E-state index is 0.0899. The van der Waals surface area contributed by atoms with Crippen molar-refractivity contribution in [2.45, 2.75) is 0 Å². The van der Waals surface area contributed by atoms with Crippen LogP contribution in [-0.4, -0.2) is 17.2 Å². The zero-order valence-corrected chi connectivity index (χ0v) is 10.8. The molecule has 0 radical (unpaired) electrons. The summed E-state index contributed by atoms with van der Waals surface area (Å²) in [6.45, 7) is 0. The molecular weight excluding hydrogens is 257 g/mol. The van der Waals surface area contributed by atoms with E-state index in [1.54, 1.807) is 30.5 Å². The first-order valence-electron chi connectivity index (χ1n) is 6.10. The van der Waals surface area contributed by atoms with Crippen LogP contribution < -0.4 is 4.74 Å². The van der Waals surface area contributed by atoms with Gasteiger partial charge in [-0.05, 0) is 35.9 Å². The van der Waals surface area contributed by atoms with Gasteiger partial charge in [0.1, 0.15) is 5.82 Å². The van der Waals surface area contributed by atoms with Gasteiger partial charge in [0, 0.05) is 23.2 Å². The lowest BCUT2D eigenvalue weighted by Crippen LogP contribution is -1.87. The first-order valence-corrected chi connectivity index (χ1v) is 6.10. The highest BCUT2D eigenvalue weighted by atomic mass is 19.1. The van der Waals surface area contributed by atoms with Crippen LogP contribution in [0.1, 0.15) is 0 Å². The number of phenolic OH excluding ortho intramolecular Hbond substituents is 1. The smallest absolute Gasteiger partial charge is 0.161 e. The lowest BCUT2D eigenvalue weighted by molar-refractivity contribution is 0.373. The van der Waals surface area contributed by atoms with E-state index in [1.165, 1.54) is 19.2 Å². The highest BCUT2D eigenvalue weighted by molar-refractivity contribution is 5.83. The van der Waals surface area contributed by atoms with Crippen molar-refractivity contribution in [1.82, 2.24) is 4.98 Å². The molecule has 1 N–H and O–H groups in total. The van der Waals surface area contributed by atoms with Gasteiger partial charge in [-0.3, -0.25) is 4.98 Å². The summed E-state index contributed by atoms with van der Waals surface area (Å²) in [5.41, 5.74) is 2.36. The molecule has 3 nitrogen and oxygen atoms in total. The number of nitrogens with zero attached hydrogens (tertiary/aromatic N) is 1. The Labute approximate surface area is 115 Å². The number of aromatic hydroxyl groups is 1. The van der Waals surface area contributed by atoms with Gasteiger partial charge in [-0.1, -0.05) is 6.07 Å². The summed E-state index contributed by atoms with van der Waals surface area (Å²) in [5.74, 6) is 0.192. The summed E-state index contributed by atoms with van der Waals surface area (Å²) in [6.07, 6.45) is 1.67. The Morgan fingerprint density at radius 3 is 2.70 bits per heavy atom. The molecule has 0 bridgehead atoms. The van der Waals surface area contributed by atoms with Crippen molar-refractivity contribution in [2.24, 2.45) is 0 Å². The quantitative estimate of drug-likeness (QED) is 0.770. The molecule has 0 atom stereocenters. The van der Waals surface area contributed by atoms with E-state index in [1.807, 2.05) is 6.07 Å². The van der Waals surface area contributed by atoms with Crippen LogP contribution in [0.2, 0.25) is 0 Å². The summed E-state index contributed by atoms with van der Waals surface area (Å²) in [7, 11) is 1.50. The van der Waals surface area contributed by atoms with Crippen LogP contribution in [0.3, 0.4) is 0 Å². The maximum atomic E-state index is 13.1. The van der Waals surface area contributed by atoms with Crippen LogP contribution >= 0.6 is 0 Å². The molecule has 3 aromatic rings. The van der Waals surface area contributed by atoms with Gasteiger partial charge in [0.15, 0.2) is 11.5 Å². The second kappa shape index (κ2) is 4.81. The predicted octanol–water partition coefficient (Wildman–Crippen LogP) is 3.76. The number of fused-ring (bicyclic) bond motifs is 1. The van der Waals surface area contributed by atoms with Gasteiger partial charge in [-0.15, -0.1) is 0 Å². The molecule has 4 heteroatoms. The average Bonchev–Trinajstić information content (AvgIpc) is 2.47. The number of pyridine rings is 1. The number of methoxy groups -OCH3 is 1. The number of hydrogen-bond acceptors (Lipinski definition) is 3. The van der Waals surface area contributed by atoms with E-state index in [4.69, 9.17) is 4.74 Å². The second-order valence-electron chi connectivity index (χ2n) is 4.45. The Morgan fingerprint density at radius 1 is 1.05 bits per heavy atom. The molecule has 0 aliphatic heterocycles. The van der Waals surface area contributed by atoms with Crippen LogP contribution in [0, 0.1) is 5.82 Å². The predicted molar refractivity (Wildman–Crippen MR) is 75.4 cm³/mol. The van der Waals surface area contributed by atoms with Gasteiger partial charge in [0.2, 0.25) is 0 Å². The van der Waals surface area contributed by atoms with E-state index in [9.17, 15) is 9.50 Å². The van der Waals surface area contributed by atoms with Crippen LogP contribution in [0.25, 0.3) is 22.0 Å². The number of rotatable bonds is 2. The van der Waals surface area contributed by atoms with Crippen molar-refractivity contribution in [3.05, 3.63) is 54.5 Å². The topological polar surface area (TPSA) is 42.4 Å². The first-order chi connectivity index (χ1) is 9.67. The maximum Gasteiger partial charge on any atom is 0.161 e. The van der Waals surface area contributed by atoms with Crippen molar-refractivity contribution in [1.29, 1.82) is 0 Å². The van der Waals surface area contributed by atoms with E-state index in [-0.39, 0.29) is 11.6 Å². The summed E-state index contributed by atoms with van der Waals surface area (Å²) in [4.78, 5) is 4.25. The van der Waals surface area contributed by atoms with E-state index in [0.29, 0.717) is 11.3 Å². The zero-order chi connectivity index (χ0) is 14.1. The molecular formula is C16H12FNO2. The lowest BCUT2D eigenvalue weighted by Gasteiger charge is -2.07. The molecule has 0 aliphatic carbocycles. The van der Waals surface area contributed by atoms with Gasteiger partial charge in [-0.25, -0.2) is 4.39 Å². The number of aromatic nitrogens is 1. The van der Waals surface area contributed by atoms with Crippen molar-refractivity contribution < 1.29 is 14.2 Å². The van der Waals surface area contributed by atoms with Crippen molar-refractivity contribution in [3.8, 4) is 22.6 Å². The Bertz CT molecular complexity index is 787. The third kappa shape index (κ3) is 2.16. The molecule has 0 spiro atoms. The Hall–Kier alpha value is -2.62. The Morgan fingerprint density at radius 2 is 1.90 bits per heavy atom. The largest absolute Gasteiger partial charge is 0.504 e. The lowest BCUT2D eigenvalue weighted by atomic mass is 10.0. The molecule has 2 aromatic carbocycles. The van der Waals surface area contributed by atoms with E-state index in [0.717, 1.165) is 16.5 Å². The minimum atomic E-state index is -0.302. The molecule has 20 heavy (non-hydrogen) atoms. The summed E-state index contributed by atoms with van der Waals surface area (Å²) in [5, 5.41) is 10.5. The van der Waals surface area contributed by atoms with Gasteiger partial charge in [0.25, 0.3) is 0 Å². The Kier molecular flexibility index (Phi) is 2.99. The van der Waals surface area contributed by atoms with Gasteiger partial charge >= 0.3 is 0 Å². The van der Waals surface area contributed by atoms with E-state index >= 15 is 0 Å². The van der Waals surface area contributed by atoms with Crippen molar-refractivity contribution in [2.75, 3.05) is 7.11 Å². The number of phenols is 1. The van der Waals surface area contributed by atoms with E-state index < -0.39 is 0 Å². The van der Waals surface area contributed by atoms with Gasteiger partial charge in [0.05, 0.1) is 12.6 Å². The van der Waals surface area contributed by atoms with Crippen LogP contribution in [0.5, 0.6) is 11.5 Å². The average molecular weight is 269 g/mol. The molecule has 3 rings (SSSR count). The molecule has 0 saturated carbocycles. The third-order valence-electron chi connectivity index (χ3n) is 3.16. The fourth-order valence-corrected chi connectivity index (χ4v) is 2.11. The van der Waals surface area contributed by atoms with Gasteiger partial charge in [-0.2, -0.15) is 0 Å². The zero-order valence-electron chi connectivity index (χ0n) is 10.8. The molecule has 1 heterocycles. The molecule has 1 aromatic heterocycles. The summed E-state index contributed by atoms with van der Waals surface area (Å²) < 4.78 is 18.2. The fourth-order valence-electron chi connectivity index (χ4n) is 2.11. The fraction of sp³-hybridized carbons (Fsp3) is 0.0625. The van der Waals surface area contributed by atoms with Crippen LogP contribution in [0.4, 0.5) is 4.39 Å². The number of hydrogen-bond donors (Lipinski definition) is 1. The van der Waals surface area contributed by atoms with Gasteiger partial charge < -0.3 is 9.84 Å². The maximum absolute atomic E-state index is 13.1. The highest BCUT2D eigenvalue weighted by Gasteiger charge is 2.06. The molecule has 0 unspecified atom stereocenters. The summed E-state index contributed by atoms with van der Waals surface area (Å²) in [6, 6.07) is 11.5. The first kappa shape index (κ1) is 12.4. The molecule has 0 aliphatic rings. The van der Waals surface area contributed by atoms with Crippen LogP contribution in [0.15, 0.2) is 48.7 Å². The number of halogens is 1. The molecule has 0 saturated heterocycles. The van der Waals surface area contributed by atoms with Crippen molar-refractivity contribution >= 4 is 10.9 Å². The minimum Gasteiger partial charge on any atom is -0.504 e. The third-order valence-corrected chi connectivity index (χ3v) is 3.16. The van der Waals surface area contributed by atoms with Crippen molar-refractivity contribution in [3.63, 3.8) is 0 Å². The van der Waals surface area contributed by atoms with Crippen LogP contribution in [-0.2, 0) is 0 Å². The monoisotopic (exact) mass is 269 g/mol.